The number of nitrogens with one attached hydrogen (secondary N) is 1. The van der Waals surface area contributed by atoms with Gasteiger partial charge in [0.15, 0.2) is 0 Å². The van der Waals surface area contributed by atoms with Crippen LogP contribution in [0, 0.1) is 5.82 Å². The summed E-state index contributed by atoms with van der Waals surface area (Å²) in [5.41, 5.74) is 3.28. The van der Waals surface area contributed by atoms with Crippen LogP contribution >= 0.6 is 0 Å². The maximum atomic E-state index is 13.6. The van der Waals surface area contributed by atoms with Gasteiger partial charge >= 0.3 is 0 Å². The first-order chi connectivity index (χ1) is 10.7. The fourth-order valence-electron chi connectivity index (χ4n) is 2.61. The number of hydrogen-bond acceptors (Lipinski definition) is 3. The highest BCUT2D eigenvalue weighted by molar-refractivity contribution is 5.95. The molecular formula is C17H18FN3O. The fourth-order valence-corrected chi connectivity index (χ4v) is 2.61. The molecule has 3 aromatic rings. The highest BCUT2D eigenvalue weighted by Crippen LogP contribution is 2.30. The predicted octanol–water partition coefficient (Wildman–Crippen LogP) is 3.82. The van der Waals surface area contributed by atoms with E-state index in [0.717, 1.165) is 40.8 Å². The number of nitrogens with zero attached hydrogens (tertiary/aromatic N) is 2. The second-order valence-corrected chi connectivity index (χ2v) is 5.21. The van der Waals surface area contributed by atoms with Crippen LogP contribution in [0.25, 0.3) is 10.9 Å². The summed E-state index contributed by atoms with van der Waals surface area (Å²) in [7, 11) is 0. The van der Waals surface area contributed by atoms with Gasteiger partial charge < -0.3 is 15.0 Å². The van der Waals surface area contributed by atoms with Gasteiger partial charge in [-0.3, -0.25) is 4.98 Å². The Labute approximate surface area is 128 Å². The minimum Gasteiger partial charge on any atom is -0.392 e. The van der Waals surface area contributed by atoms with Gasteiger partial charge in [-0.15, -0.1) is 0 Å². The SMILES string of the molecule is CCCn1cc(Nc2cnccc2CO)c2cc(F)ccc21. The summed E-state index contributed by atoms with van der Waals surface area (Å²) in [5, 5.41) is 13.5. The maximum absolute atomic E-state index is 13.6. The summed E-state index contributed by atoms with van der Waals surface area (Å²) < 4.78 is 15.7. The Bertz CT molecular complexity index is 798. The molecule has 114 valence electrons. The molecule has 2 heterocycles. The maximum Gasteiger partial charge on any atom is 0.124 e. The number of fused-ring (bicyclic) bond motifs is 1. The molecule has 1 aromatic carbocycles. The highest BCUT2D eigenvalue weighted by atomic mass is 19.1. The van der Waals surface area contributed by atoms with Gasteiger partial charge in [0.05, 0.1) is 29.7 Å². The van der Waals surface area contributed by atoms with Gasteiger partial charge in [0, 0.05) is 29.9 Å². The molecule has 0 aliphatic carbocycles. The zero-order valence-electron chi connectivity index (χ0n) is 12.4. The fraction of sp³-hybridized carbons (Fsp3) is 0.235. The lowest BCUT2D eigenvalue weighted by atomic mass is 10.2. The van der Waals surface area contributed by atoms with Crippen LogP contribution in [0.2, 0.25) is 0 Å². The molecule has 2 aromatic heterocycles. The normalized spacial score (nSPS) is 11.0. The molecule has 0 saturated carbocycles. The predicted molar refractivity (Wildman–Crippen MR) is 85.6 cm³/mol. The van der Waals surface area contributed by atoms with Gasteiger partial charge in [0.2, 0.25) is 0 Å². The summed E-state index contributed by atoms with van der Waals surface area (Å²) in [6.45, 7) is 2.89. The third-order valence-corrected chi connectivity index (χ3v) is 3.66. The lowest BCUT2D eigenvalue weighted by Crippen LogP contribution is -1.97. The van der Waals surface area contributed by atoms with Crippen molar-refractivity contribution in [1.29, 1.82) is 0 Å². The second kappa shape index (κ2) is 6.15. The molecule has 3 rings (SSSR count). The first kappa shape index (κ1) is 14.5. The third-order valence-electron chi connectivity index (χ3n) is 3.66. The van der Waals surface area contributed by atoms with E-state index < -0.39 is 0 Å². The Kier molecular flexibility index (Phi) is 4.06. The molecule has 2 N–H and O–H groups in total. The quantitative estimate of drug-likeness (QED) is 0.753. The van der Waals surface area contributed by atoms with Crippen LogP contribution in [0.5, 0.6) is 0 Å². The number of rotatable bonds is 5. The summed E-state index contributed by atoms with van der Waals surface area (Å²) >= 11 is 0. The van der Waals surface area contributed by atoms with E-state index in [2.05, 4.69) is 21.8 Å². The van der Waals surface area contributed by atoms with Crippen LogP contribution in [0.4, 0.5) is 15.8 Å². The van der Waals surface area contributed by atoms with Crippen LogP contribution in [-0.2, 0) is 13.2 Å². The van der Waals surface area contributed by atoms with Crippen LogP contribution in [-0.4, -0.2) is 14.7 Å². The van der Waals surface area contributed by atoms with Crippen LogP contribution in [0.1, 0.15) is 18.9 Å². The third kappa shape index (κ3) is 2.67. The van der Waals surface area contributed by atoms with Crippen LogP contribution in [0.15, 0.2) is 42.9 Å². The average Bonchev–Trinajstić information content (AvgIpc) is 2.85. The minimum atomic E-state index is -0.265. The van der Waals surface area contributed by atoms with Crippen molar-refractivity contribution >= 4 is 22.3 Å². The molecule has 0 unspecified atom stereocenters. The van der Waals surface area contributed by atoms with E-state index in [1.807, 2.05) is 6.20 Å². The molecule has 0 saturated heterocycles. The molecule has 0 aliphatic heterocycles. The Hall–Kier alpha value is -2.40. The Morgan fingerprint density at radius 1 is 1.27 bits per heavy atom. The standard InChI is InChI=1S/C17H18FN3O/c1-2-7-21-10-16(14-8-13(18)3-4-17(14)21)20-15-9-19-6-5-12(15)11-22/h3-6,8-10,20,22H,2,7,11H2,1H3. The van der Waals surface area contributed by atoms with Crippen molar-refractivity contribution in [1.82, 2.24) is 9.55 Å². The topological polar surface area (TPSA) is 50.1 Å². The molecule has 0 radical (unpaired) electrons. The monoisotopic (exact) mass is 299 g/mol. The minimum absolute atomic E-state index is 0.0766. The van der Waals surface area contributed by atoms with Gasteiger partial charge in [-0.1, -0.05) is 6.92 Å². The first-order valence-electron chi connectivity index (χ1n) is 7.32. The number of anilines is 2. The summed E-state index contributed by atoms with van der Waals surface area (Å²) in [4.78, 5) is 4.08. The van der Waals surface area contributed by atoms with E-state index in [4.69, 9.17) is 0 Å². The number of aliphatic hydroxyl groups excluding tert-OH is 1. The number of aromatic nitrogens is 2. The number of aliphatic hydroxyl groups is 1. The van der Waals surface area contributed by atoms with Crippen molar-refractivity contribution in [3.63, 3.8) is 0 Å². The van der Waals surface area contributed by atoms with Crippen molar-refractivity contribution in [3.05, 3.63) is 54.2 Å². The van der Waals surface area contributed by atoms with E-state index in [-0.39, 0.29) is 12.4 Å². The molecular weight excluding hydrogens is 281 g/mol. The number of pyridine rings is 1. The average molecular weight is 299 g/mol. The van der Waals surface area contributed by atoms with E-state index in [1.54, 1.807) is 24.5 Å². The highest BCUT2D eigenvalue weighted by Gasteiger charge is 2.11. The van der Waals surface area contributed by atoms with E-state index >= 15 is 0 Å². The van der Waals surface area contributed by atoms with Crippen LogP contribution in [0.3, 0.4) is 0 Å². The zero-order chi connectivity index (χ0) is 15.5. The molecule has 22 heavy (non-hydrogen) atoms. The Morgan fingerprint density at radius 2 is 2.14 bits per heavy atom. The molecule has 0 fully saturated rings. The summed E-state index contributed by atoms with van der Waals surface area (Å²) in [5.74, 6) is -0.265. The van der Waals surface area contributed by atoms with Gasteiger partial charge in [-0.2, -0.15) is 0 Å². The molecule has 4 nitrogen and oxygen atoms in total. The van der Waals surface area contributed by atoms with Gasteiger partial charge in [0.1, 0.15) is 5.82 Å². The van der Waals surface area contributed by atoms with E-state index in [0.29, 0.717) is 0 Å². The number of hydrogen-bond donors (Lipinski definition) is 2. The van der Waals surface area contributed by atoms with E-state index in [1.165, 1.54) is 12.1 Å². The van der Waals surface area contributed by atoms with Gasteiger partial charge in [-0.05, 0) is 30.7 Å². The molecule has 0 bridgehead atoms. The molecule has 0 aliphatic rings. The lowest BCUT2D eigenvalue weighted by molar-refractivity contribution is 0.282. The summed E-state index contributed by atoms with van der Waals surface area (Å²) in [6.07, 6.45) is 6.27. The number of halogens is 1. The Morgan fingerprint density at radius 3 is 2.91 bits per heavy atom. The van der Waals surface area contributed by atoms with Crippen LogP contribution < -0.4 is 5.32 Å². The van der Waals surface area contributed by atoms with Crippen molar-refractivity contribution in [2.45, 2.75) is 26.5 Å². The number of benzene rings is 1. The number of aryl methyl sites for hydroxylation is 1. The first-order valence-corrected chi connectivity index (χ1v) is 7.32. The Balaban J connectivity index is 2.08. The van der Waals surface area contributed by atoms with Gasteiger partial charge in [0.25, 0.3) is 0 Å². The summed E-state index contributed by atoms with van der Waals surface area (Å²) in [6, 6.07) is 6.55. The van der Waals surface area contributed by atoms with Crippen molar-refractivity contribution < 1.29 is 9.50 Å². The molecule has 0 atom stereocenters. The second-order valence-electron chi connectivity index (χ2n) is 5.21. The van der Waals surface area contributed by atoms with E-state index in [9.17, 15) is 9.50 Å². The molecule has 0 spiro atoms. The molecule has 5 heteroatoms. The van der Waals surface area contributed by atoms with Crippen molar-refractivity contribution in [2.75, 3.05) is 5.32 Å². The zero-order valence-corrected chi connectivity index (χ0v) is 12.4. The molecule has 0 amide bonds. The largest absolute Gasteiger partial charge is 0.392 e. The van der Waals surface area contributed by atoms with Crippen molar-refractivity contribution in [3.8, 4) is 0 Å². The smallest absolute Gasteiger partial charge is 0.124 e. The van der Waals surface area contributed by atoms with Crippen molar-refractivity contribution in [2.24, 2.45) is 0 Å². The van der Waals surface area contributed by atoms with Gasteiger partial charge in [-0.25, -0.2) is 4.39 Å². The lowest BCUT2D eigenvalue weighted by Gasteiger charge is -2.08.